The van der Waals surface area contributed by atoms with Crippen molar-refractivity contribution in [3.63, 3.8) is 0 Å². The molecule has 0 spiro atoms. The van der Waals surface area contributed by atoms with Gasteiger partial charge in [-0.1, -0.05) is 11.2 Å². The first-order valence-corrected chi connectivity index (χ1v) is 4.29. The van der Waals surface area contributed by atoms with Crippen LogP contribution >= 0.6 is 0 Å². The number of azide groups is 1. The molecule has 0 saturated carbocycles. The standard InChI is InChI=1S/C8H11N7/c9-7-8(10)14-6(5-12-7)3-1-2-4-13-15-11/h1,3,5H,2,4H2,(H2,9,12)(H2,10,14). The predicted octanol–water partition coefficient (Wildman–Crippen LogP) is 1.35. The molecule has 0 aliphatic heterocycles. The Balaban J connectivity index is 2.56. The van der Waals surface area contributed by atoms with Gasteiger partial charge < -0.3 is 11.5 Å². The zero-order chi connectivity index (χ0) is 11.1. The minimum absolute atomic E-state index is 0.215. The first-order chi connectivity index (χ1) is 7.24. The number of aromatic nitrogens is 2. The van der Waals surface area contributed by atoms with Gasteiger partial charge in [-0.15, -0.1) is 0 Å². The van der Waals surface area contributed by atoms with Crippen LogP contribution in [0, 0.1) is 0 Å². The monoisotopic (exact) mass is 205 g/mol. The fourth-order valence-electron chi connectivity index (χ4n) is 0.888. The fraction of sp³-hybridized carbons (Fsp3) is 0.250. The van der Waals surface area contributed by atoms with Crippen molar-refractivity contribution < 1.29 is 0 Å². The maximum Gasteiger partial charge on any atom is 0.166 e. The molecule has 0 aliphatic rings. The molecule has 0 bridgehead atoms. The van der Waals surface area contributed by atoms with Crippen LogP contribution in [-0.2, 0) is 0 Å². The summed E-state index contributed by atoms with van der Waals surface area (Å²) in [5, 5.41) is 3.38. The number of hydrogen-bond donors (Lipinski definition) is 2. The number of rotatable bonds is 4. The van der Waals surface area contributed by atoms with Crippen LogP contribution in [0.2, 0.25) is 0 Å². The van der Waals surface area contributed by atoms with Gasteiger partial charge >= 0.3 is 0 Å². The Kier molecular flexibility index (Phi) is 3.93. The van der Waals surface area contributed by atoms with Gasteiger partial charge in [-0.2, -0.15) is 0 Å². The quantitative estimate of drug-likeness (QED) is 0.333. The molecule has 4 N–H and O–H groups in total. The van der Waals surface area contributed by atoms with E-state index in [-0.39, 0.29) is 11.6 Å². The largest absolute Gasteiger partial charge is 0.381 e. The minimum Gasteiger partial charge on any atom is -0.381 e. The van der Waals surface area contributed by atoms with E-state index in [9.17, 15) is 0 Å². The van der Waals surface area contributed by atoms with Crippen molar-refractivity contribution in [2.24, 2.45) is 5.11 Å². The van der Waals surface area contributed by atoms with Crippen molar-refractivity contribution in [1.82, 2.24) is 9.97 Å². The van der Waals surface area contributed by atoms with Crippen LogP contribution in [0.15, 0.2) is 17.4 Å². The van der Waals surface area contributed by atoms with Crippen molar-refractivity contribution in [3.8, 4) is 0 Å². The average Bonchev–Trinajstić information content (AvgIpc) is 2.23. The summed E-state index contributed by atoms with van der Waals surface area (Å²) < 4.78 is 0. The first kappa shape index (κ1) is 10.8. The van der Waals surface area contributed by atoms with Gasteiger partial charge in [0.15, 0.2) is 11.6 Å². The van der Waals surface area contributed by atoms with Gasteiger partial charge in [0, 0.05) is 11.5 Å². The SMILES string of the molecule is [N-]=[N+]=NCCC=Cc1cnc(N)c(N)n1. The molecular weight excluding hydrogens is 194 g/mol. The smallest absolute Gasteiger partial charge is 0.166 e. The van der Waals surface area contributed by atoms with E-state index in [4.69, 9.17) is 17.0 Å². The Morgan fingerprint density at radius 1 is 1.47 bits per heavy atom. The van der Waals surface area contributed by atoms with E-state index in [0.29, 0.717) is 18.7 Å². The van der Waals surface area contributed by atoms with Gasteiger partial charge in [0.1, 0.15) is 0 Å². The second-order valence-electron chi connectivity index (χ2n) is 2.71. The Morgan fingerprint density at radius 2 is 2.27 bits per heavy atom. The lowest BCUT2D eigenvalue weighted by Crippen LogP contribution is -2.01. The van der Waals surface area contributed by atoms with Crippen LogP contribution < -0.4 is 11.5 Å². The van der Waals surface area contributed by atoms with Gasteiger partial charge in [0.05, 0.1) is 11.9 Å². The van der Waals surface area contributed by atoms with E-state index in [2.05, 4.69) is 20.0 Å². The molecule has 0 atom stereocenters. The summed E-state index contributed by atoms with van der Waals surface area (Å²) in [4.78, 5) is 10.5. The van der Waals surface area contributed by atoms with Crippen LogP contribution in [0.4, 0.5) is 11.6 Å². The van der Waals surface area contributed by atoms with Gasteiger partial charge in [-0.25, -0.2) is 9.97 Å². The third kappa shape index (κ3) is 3.53. The van der Waals surface area contributed by atoms with Crippen molar-refractivity contribution in [3.05, 3.63) is 28.4 Å². The van der Waals surface area contributed by atoms with Crippen molar-refractivity contribution in [2.45, 2.75) is 6.42 Å². The number of nitrogens with zero attached hydrogens (tertiary/aromatic N) is 5. The number of hydrogen-bond acceptors (Lipinski definition) is 5. The highest BCUT2D eigenvalue weighted by atomic mass is 15.1. The lowest BCUT2D eigenvalue weighted by Gasteiger charge is -1.98. The Bertz CT molecular complexity index is 405. The highest BCUT2D eigenvalue weighted by Gasteiger charge is 1.96. The molecule has 7 heteroatoms. The molecule has 7 nitrogen and oxygen atoms in total. The third-order valence-corrected chi connectivity index (χ3v) is 1.60. The molecule has 1 heterocycles. The van der Waals surface area contributed by atoms with Crippen LogP contribution in [0.1, 0.15) is 12.1 Å². The van der Waals surface area contributed by atoms with Gasteiger partial charge in [0.2, 0.25) is 0 Å². The lowest BCUT2D eigenvalue weighted by atomic mass is 10.3. The lowest BCUT2D eigenvalue weighted by molar-refractivity contribution is 0.995. The summed E-state index contributed by atoms with van der Waals surface area (Å²) in [5.74, 6) is 0.438. The van der Waals surface area contributed by atoms with E-state index >= 15 is 0 Å². The summed E-state index contributed by atoms with van der Waals surface area (Å²) in [6, 6.07) is 0. The van der Waals surface area contributed by atoms with Crippen molar-refractivity contribution in [1.29, 1.82) is 0 Å². The second-order valence-corrected chi connectivity index (χ2v) is 2.71. The third-order valence-electron chi connectivity index (χ3n) is 1.60. The van der Waals surface area contributed by atoms with E-state index in [1.807, 2.05) is 6.08 Å². The van der Waals surface area contributed by atoms with E-state index in [1.165, 1.54) is 6.20 Å². The molecule has 1 rings (SSSR count). The highest BCUT2D eigenvalue weighted by Crippen LogP contribution is 2.08. The van der Waals surface area contributed by atoms with Crippen LogP contribution in [0.25, 0.3) is 16.5 Å². The summed E-state index contributed by atoms with van der Waals surface area (Å²) in [6.07, 6.45) is 5.75. The fourth-order valence-corrected chi connectivity index (χ4v) is 0.888. The highest BCUT2D eigenvalue weighted by molar-refractivity contribution is 5.55. The number of anilines is 2. The molecule has 0 radical (unpaired) electrons. The molecule has 0 unspecified atom stereocenters. The molecule has 15 heavy (non-hydrogen) atoms. The normalized spacial score (nSPS) is 10.1. The molecule has 0 saturated heterocycles. The molecule has 0 aromatic carbocycles. The molecule has 0 aliphatic carbocycles. The molecular formula is C8H11N7. The molecule has 1 aromatic rings. The Labute approximate surface area is 86.5 Å². The number of nitrogens with two attached hydrogens (primary N) is 2. The topological polar surface area (TPSA) is 127 Å². The maximum absolute atomic E-state index is 8.03. The zero-order valence-electron chi connectivity index (χ0n) is 8.04. The van der Waals surface area contributed by atoms with E-state index in [1.54, 1.807) is 6.08 Å². The minimum atomic E-state index is 0.215. The second kappa shape index (κ2) is 5.46. The Morgan fingerprint density at radius 3 is 2.93 bits per heavy atom. The summed E-state index contributed by atoms with van der Waals surface area (Å²) in [7, 11) is 0. The van der Waals surface area contributed by atoms with Crippen LogP contribution in [-0.4, -0.2) is 16.5 Å². The van der Waals surface area contributed by atoms with Gasteiger partial charge in [0.25, 0.3) is 0 Å². The summed E-state index contributed by atoms with van der Waals surface area (Å²) in [6.45, 7) is 0.422. The Hall–Kier alpha value is -2.27. The average molecular weight is 205 g/mol. The summed E-state index contributed by atoms with van der Waals surface area (Å²) >= 11 is 0. The van der Waals surface area contributed by atoms with Gasteiger partial charge in [-0.3, -0.25) is 0 Å². The maximum atomic E-state index is 8.03. The van der Waals surface area contributed by atoms with Gasteiger partial charge in [-0.05, 0) is 18.0 Å². The van der Waals surface area contributed by atoms with Crippen molar-refractivity contribution in [2.75, 3.05) is 18.0 Å². The first-order valence-electron chi connectivity index (χ1n) is 4.29. The summed E-state index contributed by atoms with van der Waals surface area (Å²) in [5.41, 5.74) is 19.5. The van der Waals surface area contributed by atoms with Crippen molar-refractivity contribution >= 4 is 17.7 Å². The molecule has 78 valence electrons. The zero-order valence-corrected chi connectivity index (χ0v) is 8.04. The van der Waals surface area contributed by atoms with E-state index < -0.39 is 0 Å². The molecule has 0 amide bonds. The van der Waals surface area contributed by atoms with E-state index in [0.717, 1.165) is 0 Å². The van der Waals surface area contributed by atoms with Crippen LogP contribution in [0.5, 0.6) is 0 Å². The predicted molar refractivity (Wildman–Crippen MR) is 58.5 cm³/mol. The number of nitrogen functional groups attached to an aromatic ring is 2. The molecule has 0 fully saturated rings. The van der Waals surface area contributed by atoms with Crippen LogP contribution in [0.3, 0.4) is 0 Å². The molecule has 1 aromatic heterocycles.